The average Bonchev–Trinajstić information content (AvgIpc) is 3.43. The number of anilines is 1. The number of nitrogens with zero attached hydrogens (tertiary/aromatic N) is 5. The molecule has 0 radical (unpaired) electrons. The lowest BCUT2D eigenvalue weighted by Crippen LogP contribution is -2.58. The molecule has 0 aromatic carbocycles. The minimum Gasteiger partial charge on any atom is -0.378 e. The Hall–Kier alpha value is -1.97. The Morgan fingerprint density at radius 2 is 2.03 bits per heavy atom. The van der Waals surface area contributed by atoms with E-state index in [4.69, 9.17) is 9.47 Å². The van der Waals surface area contributed by atoms with Gasteiger partial charge in [0.2, 0.25) is 11.8 Å². The molecule has 1 aromatic rings. The quantitative estimate of drug-likeness (QED) is 0.604. The molecule has 30 heavy (non-hydrogen) atoms. The van der Waals surface area contributed by atoms with Crippen LogP contribution in [0.2, 0.25) is 0 Å². The van der Waals surface area contributed by atoms with E-state index in [1.807, 2.05) is 23.0 Å². The first-order valence-corrected chi connectivity index (χ1v) is 11.1. The summed E-state index contributed by atoms with van der Waals surface area (Å²) >= 11 is 0. The van der Waals surface area contributed by atoms with E-state index in [0.717, 1.165) is 57.6 Å². The topological polar surface area (TPSA) is 80.1 Å². The van der Waals surface area contributed by atoms with Crippen molar-refractivity contribution >= 4 is 17.5 Å². The smallest absolute Gasteiger partial charge is 0.244 e. The predicted molar refractivity (Wildman–Crippen MR) is 111 cm³/mol. The van der Waals surface area contributed by atoms with Crippen LogP contribution in [0, 0.1) is 0 Å². The molecule has 0 aliphatic carbocycles. The van der Waals surface area contributed by atoms with Gasteiger partial charge in [-0.1, -0.05) is 0 Å². The Balaban J connectivity index is 1.20. The fourth-order valence-electron chi connectivity index (χ4n) is 4.59. The van der Waals surface area contributed by atoms with E-state index in [2.05, 4.69) is 10.00 Å². The van der Waals surface area contributed by atoms with Crippen LogP contribution < -0.4 is 4.90 Å². The number of piperidine rings is 1. The largest absolute Gasteiger partial charge is 0.378 e. The van der Waals surface area contributed by atoms with Crippen LogP contribution in [0.3, 0.4) is 0 Å². The van der Waals surface area contributed by atoms with Gasteiger partial charge in [-0.25, -0.2) is 0 Å². The first-order chi connectivity index (χ1) is 14.6. The lowest BCUT2D eigenvalue weighted by molar-refractivity contribution is -0.135. The summed E-state index contributed by atoms with van der Waals surface area (Å²) in [4.78, 5) is 31.6. The summed E-state index contributed by atoms with van der Waals surface area (Å²) in [6.07, 6.45) is 8.24. The maximum atomic E-state index is 13.1. The number of hydrogen-bond donors (Lipinski definition) is 0. The maximum absolute atomic E-state index is 13.1. The van der Waals surface area contributed by atoms with E-state index < -0.39 is 0 Å². The van der Waals surface area contributed by atoms with E-state index in [-0.39, 0.29) is 24.0 Å². The number of hydrogen-bond acceptors (Lipinski definition) is 6. The number of piperazine rings is 1. The SMILES string of the molecule is Cn1cc(N2CCC[C@@H](N3CCN(C(=O)CCOC[C@@H]4CCCO4)CC3)C2=O)cn1. The summed E-state index contributed by atoms with van der Waals surface area (Å²) in [5, 5.41) is 4.19. The van der Waals surface area contributed by atoms with Crippen molar-refractivity contribution in [3.8, 4) is 0 Å². The second kappa shape index (κ2) is 9.89. The highest BCUT2D eigenvalue weighted by Crippen LogP contribution is 2.24. The third-order valence-electron chi connectivity index (χ3n) is 6.31. The Kier molecular flexibility index (Phi) is 7.01. The van der Waals surface area contributed by atoms with Gasteiger partial charge in [-0.3, -0.25) is 19.2 Å². The van der Waals surface area contributed by atoms with Crippen molar-refractivity contribution in [3.63, 3.8) is 0 Å². The van der Waals surface area contributed by atoms with Crippen molar-refractivity contribution in [1.29, 1.82) is 0 Å². The van der Waals surface area contributed by atoms with Crippen molar-refractivity contribution in [3.05, 3.63) is 12.4 Å². The Morgan fingerprint density at radius 1 is 1.20 bits per heavy atom. The van der Waals surface area contributed by atoms with E-state index >= 15 is 0 Å². The third-order valence-corrected chi connectivity index (χ3v) is 6.31. The highest BCUT2D eigenvalue weighted by molar-refractivity contribution is 5.97. The first-order valence-electron chi connectivity index (χ1n) is 11.1. The van der Waals surface area contributed by atoms with Gasteiger partial charge < -0.3 is 19.3 Å². The van der Waals surface area contributed by atoms with Crippen LogP contribution in [-0.4, -0.2) is 96.1 Å². The van der Waals surface area contributed by atoms with Gasteiger partial charge in [-0.2, -0.15) is 5.10 Å². The zero-order chi connectivity index (χ0) is 20.9. The molecule has 3 aliphatic rings. The lowest BCUT2D eigenvalue weighted by atomic mass is 10.0. The summed E-state index contributed by atoms with van der Waals surface area (Å²) in [5.41, 5.74) is 0.865. The van der Waals surface area contributed by atoms with Crippen molar-refractivity contribution in [1.82, 2.24) is 19.6 Å². The van der Waals surface area contributed by atoms with Crippen molar-refractivity contribution in [2.75, 3.05) is 57.4 Å². The number of carbonyl (C=O) groups is 2. The van der Waals surface area contributed by atoms with Gasteiger partial charge in [-0.15, -0.1) is 0 Å². The van der Waals surface area contributed by atoms with Crippen molar-refractivity contribution in [2.45, 2.75) is 44.2 Å². The summed E-state index contributed by atoms with van der Waals surface area (Å²) < 4.78 is 12.9. The number of rotatable bonds is 7. The van der Waals surface area contributed by atoms with Gasteiger partial charge in [0.15, 0.2) is 0 Å². The Morgan fingerprint density at radius 3 is 2.73 bits per heavy atom. The molecular formula is C21H33N5O4. The summed E-state index contributed by atoms with van der Waals surface area (Å²) in [6.45, 7) is 5.40. The summed E-state index contributed by atoms with van der Waals surface area (Å²) in [6, 6.07) is -0.106. The second-order valence-corrected chi connectivity index (χ2v) is 8.40. The molecule has 3 aliphatic heterocycles. The van der Waals surface area contributed by atoms with Crippen molar-refractivity contribution in [2.24, 2.45) is 7.05 Å². The monoisotopic (exact) mass is 419 g/mol. The van der Waals surface area contributed by atoms with Gasteiger partial charge in [0.05, 0.1) is 43.7 Å². The third kappa shape index (κ3) is 5.01. The molecular weight excluding hydrogens is 386 g/mol. The fraction of sp³-hybridized carbons (Fsp3) is 0.762. The summed E-state index contributed by atoms with van der Waals surface area (Å²) in [7, 11) is 1.86. The van der Waals surface area contributed by atoms with Crippen LogP contribution >= 0.6 is 0 Å². The van der Waals surface area contributed by atoms with Crippen LogP contribution in [-0.2, 0) is 26.1 Å². The number of carbonyl (C=O) groups excluding carboxylic acids is 2. The van der Waals surface area contributed by atoms with Crippen LogP contribution in [0.5, 0.6) is 0 Å². The zero-order valence-corrected chi connectivity index (χ0v) is 17.9. The average molecular weight is 420 g/mol. The number of ether oxygens (including phenoxy) is 2. The minimum atomic E-state index is -0.106. The molecule has 9 heteroatoms. The van der Waals surface area contributed by atoms with Gasteiger partial charge >= 0.3 is 0 Å². The van der Waals surface area contributed by atoms with E-state index in [1.54, 1.807) is 10.9 Å². The molecule has 0 saturated carbocycles. The van der Waals surface area contributed by atoms with Crippen LogP contribution in [0.25, 0.3) is 0 Å². The highest BCUT2D eigenvalue weighted by Gasteiger charge is 2.36. The number of aryl methyl sites for hydroxylation is 1. The molecule has 2 atom stereocenters. The maximum Gasteiger partial charge on any atom is 0.244 e. The molecule has 3 saturated heterocycles. The molecule has 0 bridgehead atoms. The van der Waals surface area contributed by atoms with Crippen LogP contribution in [0.15, 0.2) is 12.4 Å². The molecule has 166 valence electrons. The van der Waals surface area contributed by atoms with Gasteiger partial charge in [0.25, 0.3) is 0 Å². The van der Waals surface area contributed by atoms with E-state index in [9.17, 15) is 9.59 Å². The summed E-state index contributed by atoms with van der Waals surface area (Å²) in [5.74, 6) is 0.283. The molecule has 0 N–H and O–H groups in total. The first kappa shape index (κ1) is 21.3. The molecule has 9 nitrogen and oxygen atoms in total. The van der Waals surface area contributed by atoms with Crippen LogP contribution in [0.1, 0.15) is 32.1 Å². The molecule has 3 fully saturated rings. The van der Waals surface area contributed by atoms with Gasteiger partial charge in [0, 0.05) is 52.6 Å². The molecule has 4 heterocycles. The van der Waals surface area contributed by atoms with Crippen LogP contribution in [0.4, 0.5) is 5.69 Å². The fourth-order valence-corrected chi connectivity index (χ4v) is 4.59. The van der Waals surface area contributed by atoms with Gasteiger partial charge in [0.1, 0.15) is 0 Å². The van der Waals surface area contributed by atoms with Gasteiger partial charge in [-0.05, 0) is 25.7 Å². The Bertz CT molecular complexity index is 725. The van der Waals surface area contributed by atoms with E-state index in [1.165, 1.54) is 0 Å². The molecule has 2 amide bonds. The second-order valence-electron chi connectivity index (χ2n) is 8.40. The normalized spacial score (nSPS) is 25.8. The van der Waals surface area contributed by atoms with Crippen molar-refractivity contribution < 1.29 is 19.1 Å². The standard InChI is InChI=1S/C21H33N5O4/c1-23-15-17(14-22-23)26-7-2-5-19(21(26)28)24-8-10-25(11-9-24)20(27)6-13-29-16-18-4-3-12-30-18/h14-15,18-19H,2-13,16H2,1H3/t18-,19+/m0/s1. The molecule has 0 spiro atoms. The zero-order valence-electron chi connectivity index (χ0n) is 17.9. The minimum absolute atomic E-state index is 0.106. The Labute approximate surface area is 177 Å². The number of amides is 2. The lowest BCUT2D eigenvalue weighted by Gasteiger charge is -2.42. The highest BCUT2D eigenvalue weighted by atomic mass is 16.5. The van der Waals surface area contributed by atoms with E-state index in [0.29, 0.717) is 32.7 Å². The molecule has 4 rings (SSSR count). The predicted octanol–water partition coefficient (Wildman–Crippen LogP) is 0.645. The molecule has 1 aromatic heterocycles. The molecule has 0 unspecified atom stereocenters. The number of aromatic nitrogens is 2.